The maximum atomic E-state index is 13.4. The molecule has 0 aromatic heterocycles. The molecule has 192 valence electrons. The summed E-state index contributed by atoms with van der Waals surface area (Å²) in [6, 6.07) is 22.5. The van der Waals surface area contributed by atoms with E-state index in [1.807, 2.05) is 72.8 Å². The molecule has 1 unspecified atom stereocenters. The standard InChI is InChI=1S/C18H15N2OS.C6BF8/c19-13-17(14-20)11-12-22(21,18-9-5-2-6-10-18)15-16-7-3-1-4-8-16;8-2-1(7(13,14)15)3(9)5(11)6(12)4(2)10/h1-11H,12,15H2;/q+1;-1. The first kappa shape index (κ1) is 29.3. The number of hydrogen-bond acceptors (Lipinski definition) is 3. The van der Waals surface area contributed by atoms with Crippen molar-refractivity contribution in [2.24, 2.45) is 0 Å². The van der Waals surface area contributed by atoms with Gasteiger partial charge >= 0.3 is 6.98 Å². The molecule has 0 radical (unpaired) electrons. The van der Waals surface area contributed by atoms with Crippen LogP contribution in [0.2, 0.25) is 0 Å². The highest BCUT2D eigenvalue weighted by atomic mass is 32.2. The summed E-state index contributed by atoms with van der Waals surface area (Å²) in [5.74, 6) is -13.0. The highest BCUT2D eigenvalue weighted by Gasteiger charge is 2.38. The molecule has 0 amide bonds. The molecule has 0 saturated heterocycles. The minimum absolute atomic E-state index is 0.00304. The quantitative estimate of drug-likeness (QED) is 0.0937. The maximum Gasteiger partial charge on any atom is 0.515 e. The Labute approximate surface area is 207 Å². The number of halogens is 8. The molecule has 13 heteroatoms. The van der Waals surface area contributed by atoms with E-state index in [-0.39, 0.29) is 11.3 Å². The fourth-order valence-corrected chi connectivity index (χ4v) is 5.29. The minimum atomic E-state index is -6.30. The zero-order chi connectivity index (χ0) is 27.8. The predicted molar refractivity (Wildman–Crippen MR) is 122 cm³/mol. The van der Waals surface area contributed by atoms with E-state index in [1.165, 1.54) is 6.08 Å². The van der Waals surface area contributed by atoms with Crippen molar-refractivity contribution in [3.05, 3.63) is 107 Å². The van der Waals surface area contributed by atoms with Crippen LogP contribution in [0.3, 0.4) is 0 Å². The first-order chi connectivity index (χ1) is 17.4. The lowest BCUT2D eigenvalue weighted by molar-refractivity contribution is 0.377. The predicted octanol–water partition coefficient (Wildman–Crippen LogP) is 6.16. The summed E-state index contributed by atoms with van der Waals surface area (Å²) < 4.78 is 111. The van der Waals surface area contributed by atoms with Gasteiger partial charge in [-0.15, -0.1) is 0 Å². The van der Waals surface area contributed by atoms with Crippen LogP contribution in [0.15, 0.2) is 77.2 Å². The van der Waals surface area contributed by atoms with E-state index < -0.39 is 51.5 Å². The third-order valence-corrected chi connectivity index (χ3v) is 7.42. The van der Waals surface area contributed by atoms with E-state index in [1.54, 1.807) is 0 Å². The van der Waals surface area contributed by atoms with Crippen molar-refractivity contribution in [1.82, 2.24) is 0 Å². The minimum Gasteiger partial charge on any atom is -0.445 e. The van der Waals surface area contributed by atoms with Crippen molar-refractivity contribution in [1.29, 1.82) is 10.5 Å². The number of hydrogen-bond donors (Lipinski definition) is 0. The van der Waals surface area contributed by atoms with Gasteiger partial charge in [-0.2, -0.15) is 10.5 Å². The summed E-state index contributed by atoms with van der Waals surface area (Å²) in [7, 11) is -2.41. The van der Waals surface area contributed by atoms with Crippen LogP contribution in [0.4, 0.5) is 34.9 Å². The molecular formula is C24H15BF8N2OS. The van der Waals surface area contributed by atoms with E-state index in [0.29, 0.717) is 5.75 Å². The fraction of sp³-hybridized carbons (Fsp3) is 0.0833. The van der Waals surface area contributed by atoms with Crippen molar-refractivity contribution in [3.8, 4) is 12.1 Å². The monoisotopic (exact) mass is 542 g/mol. The zero-order valence-electron chi connectivity index (χ0n) is 18.6. The Kier molecular flexibility index (Phi) is 9.75. The summed E-state index contributed by atoms with van der Waals surface area (Å²) in [6.45, 7) is -6.30. The van der Waals surface area contributed by atoms with Gasteiger partial charge in [0.25, 0.3) is 0 Å². The molecule has 3 aromatic carbocycles. The molecule has 0 aliphatic carbocycles. The van der Waals surface area contributed by atoms with Gasteiger partial charge < -0.3 is 12.9 Å². The molecule has 0 spiro atoms. The van der Waals surface area contributed by atoms with Crippen LogP contribution in [0.5, 0.6) is 0 Å². The van der Waals surface area contributed by atoms with Crippen molar-refractivity contribution >= 4 is 22.4 Å². The second-order valence-corrected chi connectivity index (χ2v) is 10.0. The van der Waals surface area contributed by atoms with Gasteiger partial charge in [0, 0.05) is 5.56 Å². The zero-order valence-corrected chi connectivity index (χ0v) is 19.4. The van der Waals surface area contributed by atoms with Crippen LogP contribution in [0, 0.1) is 51.7 Å². The number of nitriles is 2. The van der Waals surface area contributed by atoms with Crippen LogP contribution >= 0.6 is 0 Å². The van der Waals surface area contributed by atoms with Gasteiger partial charge in [0.05, 0.1) is 0 Å². The van der Waals surface area contributed by atoms with Gasteiger partial charge in [-0.3, -0.25) is 0 Å². The smallest absolute Gasteiger partial charge is 0.445 e. The molecular weight excluding hydrogens is 527 g/mol. The number of allylic oxidation sites excluding steroid dienone is 1. The lowest BCUT2D eigenvalue weighted by Crippen LogP contribution is -2.41. The van der Waals surface area contributed by atoms with E-state index >= 15 is 0 Å². The molecule has 0 heterocycles. The molecule has 1 atom stereocenters. The van der Waals surface area contributed by atoms with E-state index in [0.717, 1.165) is 10.5 Å². The van der Waals surface area contributed by atoms with Gasteiger partial charge in [-0.25, -0.2) is 22.0 Å². The Bertz CT molecular complexity index is 1370. The van der Waals surface area contributed by atoms with E-state index in [2.05, 4.69) is 0 Å². The second kappa shape index (κ2) is 12.3. The van der Waals surface area contributed by atoms with E-state index in [4.69, 9.17) is 10.5 Å². The van der Waals surface area contributed by atoms with Crippen molar-refractivity contribution in [2.45, 2.75) is 10.6 Å². The highest BCUT2D eigenvalue weighted by molar-refractivity contribution is 8.02. The topological polar surface area (TPSA) is 64.7 Å². The van der Waals surface area contributed by atoms with Gasteiger partial charge in [-0.05, 0) is 23.7 Å². The number of rotatable bonds is 6. The lowest BCUT2D eigenvalue weighted by atomic mass is 9.79. The molecule has 0 aliphatic heterocycles. The largest absolute Gasteiger partial charge is 0.515 e. The molecule has 3 nitrogen and oxygen atoms in total. The summed E-state index contributed by atoms with van der Waals surface area (Å²) in [6.07, 6.45) is 1.47. The summed E-state index contributed by atoms with van der Waals surface area (Å²) in [5.41, 5.74) is -1.76. The third-order valence-electron chi connectivity index (χ3n) is 4.78. The van der Waals surface area contributed by atoms with Gasteiger partial charge in [0.15, 0.2) is 22.3 Å². The van der Waals surface area contributed by atoms with Gasteiger partial charge in [0.2, 0.25) is 0 Å². The van der Waals surface area contributed by atoms with Gasteiger partial charge in [0.1, 0.15) is 50.8 Å². The summed E-state index contributed by atoms with van der Waals surface area (Å²) in [4.78, 5) is 0.741. The Balaban J connectivity index is 0.000000281. The molecule has 0 fully saturated rings. The Hall–Kier alpha value is -3.97. The SMILES string of the molecule is Fc1c(F)c(F)c([B-](F)(F)F)c(F)c1F.N#CC(C#N)=CC[S+](=O)(Cc1ccccc1)c1ccccc1. The van der Waals surface area contributed by atoms with Crippen molar-refractivity contribution in [2.75, 3.05) is 5.75 Å². The molecule has 0 N–H and O–H groups in total. The highest BCUT2D eigenvalue weighted by Crippen LogP contribution is 2.25. The Morgan fingerprint density at radius 1 is 0.757 bits per heavy atom. The second-order valence-electron chi connectivity index (χ2n) is 7.32. The van der Waals surface area contributed by atoms with Crippen molar-refractivity contribution in [3.63, 3.8) is 0 Å². The van der Waals surface area contributed by atoms with Crippen LogP contribution < -0.4 is 5.46 Å². The Morgan fingerprint density at radius 2 is 1.19 bits per heavy atom. The van der Waals surface area contributed by atoms with E-state index in [9.17, 15) is 39.1 Å². The fourth-order valence-electron chi connectivity index (χ4n) is 2.99. The maximum absolute atomic E-state index is 13.4. The van der Waals surface area contributed by atoms with Gasteiger partial charge in [-0.1, -0.05) is 52.7 Å². The van der Waals surface area contributed by atoms with Crippen LogP contribution in [0.25, 0.3) is 0 Å². The normalized spacial score (nSPS) is 12.3. The lowest BCUT2D eigenvalue weighted by Gasteiger charge is -2.17. The molecule has 37 heavy (non-hydrogen) atoms. The summed E-state index contributed by atoms with van der Waals surface area (Å²) in [5, 5.41) is 17.7. The molecule has 3 aromatic rings. The van der Waals surface area contributed by atoms with Crippen molar-refractivity contribution < 1.29 is 39.1 Å². The average molecular weight is 542 g/mol. The van der Waals surface area contributed by atoms with Crippen LogP contribution in [0.1, 0.15) is 5.56 Å². The summed E-state index contributed by atoms with van der Waals surface area (Å²) >= 11 is 0. The van der Waals surface area contributed by atoms with Crippen LogP contribution in [-0.4, -0.2) is 12.7 Å². The third kappa shape index (κ3) is 7.27. The molecule has 3 rings (SSSR count). The average Bonchev–Trinajstić information content (AvgIpc) is 2.88. The first-order valence-electron chi connectivity index (χ1n) is 10.2. The molecule has 0 aliphatic rings. The first-order valence-corrected chi connectivity index (χ1v) is 12.1. The van der Waals surface area contributed by atoms with Crippen LogP contribution in [-0.2, 0) is 19.9 Å². The molecule has 0 bridgehead atoms. The number of benzene rings is 3. The molecule has 0 saturated carbocycles. The Morgan fingerprint density at radius 3 is 1.62 bits per heavy atom. The number of nitrogens with zero attached hydrogens (tertiary/aromatic N) is 2.